The maximum Gasteiger partial charge on any atom is 0.221 e. The van der Waals surface area contributed by atoms with Gasteiger partial charge in [-0.3, -0.25) is 0 Å². The number of hydrogen-bond acceptors (Lipinski definition) is 3. The molecule has 0 heterocycles. The monoisotopic (exact) mass is 287 g/mol. The quantitative estimate of drug-likeness (QED) is 0.798. The number of nitrogens with one attached hydrogen (secondary N) is 1. The topological polar surface area (TPSA) is 46.2 Å². The van der Waals surface area contributed by atoms with E-state index < -0.39 is 10.0 Å². The highest BCUT2D eigenvalue weighted by Gasteiger charge is 2.26. The highest BCUT2D eigenvalue weighted by atomic mass is 79.9. The molecular weight excluding hydrogens is 274 g/mol. The van der Waals surface area contributed by atoms with Gasteiger partial charge in [-0.2, -0.15) is 11.8 Å². The maximum absolute atomic E-state index is 11.2. The largest absolute Gasteiger partial charge is 0.221 e. The third-order valence-corrected chi connectivity index (χ3v) is 6.09. The van der Waals surface area contributed by atoms with E-state index in [4.69, 9.17) is 0 Å². The van der Waals surface area contributed by atoms with Crippen LogP contribution in [0, 0.1) is 0 Å². The smallest absolute Gasteiger partial charge is 0.212 e. The van der Waals surface area contributed by atoms with Crippen molar-refractivity contribution in [3.05, 3.63) is 0 Å². The minimum atomic E-state index is -3.08. The lowest BCUT2D eigenvalue weighted by Gasteiger charge is -2.11. The van der Waals surface area contributed by atoms with Gasteiger partial charge in [-0.1, -0.05) is 15.9 Å². The van der Waals surface area contributed by atoms with E-state index in [1.54, 1.807) is 0 Å². The highest BCUT2D eigenvalue weighted by molar-refractivity contribution is 9.10. The molecule has 2 unspecified atom stereocenters. The van der Waals surface area contributed by atoms with Crippen LogP contribution >= 0.6 is 27.7 Å². The first-order valence-corrected chi connectivity index (χ1v) is 8.22. The Labute approximate surface area is 92.2 Å². The van der Waals surface area contributed by atoms with Crippen molar-refractivity contribution in [3.63, 3.8) is 0 Å². The summed E-state index contributed by atoms with van der Waals surface area (Å²) >= 11 is 4.78. The molecule has 1 N–H and O–H groups in total. The third-order valence-electron chi connectivity index (χ3n) is 2.21. The molecule has 0 radical (unpaired) electrons. The molecule has 0 aromatic heterocycles. The fourth-order valence-electron chi connectivity index (χ4n) is 1.55. The predicted molar refractivity (Wildman–Crippen MR) is 60.8 cm³/mol. The van der Waals surface area contributed by atoms with E-state index in [0.29, 0.717) is 5.25 Å². The molecule has 3 nitrogen and oxygen atoms in total. The van der Waals surface area contributed by atoms with Crippen LogP contribution in [0.3, 0.4) is 0 Å². The van der Waals surface area contributed by atoms with Crippen LogP contribution in [0.2, 0.25) is 0 Å². The van der Waals surface area contributed by atoms with Crippen LogP contribution in [0.15, 0.2) is 0 Å². The molecule has 1 saturated carbocycles. The lowest BCUT2D eigenvalue weighted by Crippen LogP contribution is -2.33. The number of hydrogen-bond donors (Lipinski definition) is 1. The van der Waals surface area contributed by atoms with Crippen molar-refractivity contribution < 1.29 is 8.42 Å². The van der Waals surface area contributed by atoms with Crippen LogP contribution in [-0.4, -0.2) is 30.6 Å². The Hall–Kier alpha value is 0.740. The minimum absolute atomic E-state index is 0.000431. The van der Waals surface area contributed by atoms with E-state index in [1.807, 2.05) is 11.8 Å². The van der Waals surface area contributed by atoms with Crippen LogP contribution in [0.5, 0.6) is 0 Å². The number of sulfonamides is 1. The number of rotatable bonds is 4. The van der Waals surface area contributed by atoms with E-state index >= 15 is 0 Å². The van der Waals surface area contributed by atoms with Gasteiger partial charge in [0.05, 0.1) is 0 Å². The molecule has 6 heteroatoms. The molecule has 0 aliphatic heterocycles. The number of thioether (sulfide) groups is 1. The molecule has 0 aromatic rings. The minimum Gasteiger partial charge on any atom is -0.212 e. The van der Waals surface area contributed by atoms with Crippen LogP contribution in [-0.2, 0) is 10.0 Å². The lowest BCUT2D eigenvalue weighted by atomic mass is 10.3. The highest BCUT2D eigenvalue weighted by Crippen LogP contribution is 2.28. The van der Waals surface area contributed by atoms with Gasteiger partial charge in [-0.25, -0.2) is 13.1 Å². The Morgan fingerprint density at radius 1 is 1.54 bits per heavy atom. The number of halogens is 1. The molecule has 0 aromatic carbocycles. The van der Waals surface area contributed by atoms with Crippen molar-refractivity contribution in [1.82, 2.24) is 4.72 Å². The van der Waals surface area contributed by atoms with Crippen LogP contribution < -0.4 is 4.72 Å². The zero-order valence-corrected chi connectivity index (χ0v) is 10.7. The molecule has 0 spiro atoms. The molecule has 78 valence electrons. The second-order valence-electron chi connectivity index (χ2n) is 3.21. The van der Waals surface area contributed by atoms with Crippen molar-refractivity contribution in [2.45, 2.75) is 30.6 Å². The van der Waals surface area contributed by atoms with Crippen LogP contribution in [0.4, 0.5) is 0 Å². The van der Waals surface area contributed by atoms with E-state index in [-0.39, 0.29) is 10.7 Å². The summed E-state index contributed by atoms with van der Waals surface area (Å²) in [6, 6.07) is 0.153. The van der Waals surface area contributed by atoms with Gasteiger partial charge in [0.15, 0.2) is 0 Å². The Balaban J connectivity index is 2.40. The van der Waals surface area contributed by atoms with Crippen molar-refractivity contribution in [2.75, 3.05) is 10.9 Å². The van der Waals surface area contributed by atoms with Gasteiger partial charge in [0.1, 0.15) is 4.66 Å². The number of alkyl halides is 1. The summed E-state index contributed by atoms with van der Waals surface area (Å²) in [5, 5.41) is 0.628. The van der Waals surface area contributed by atoms with Gasteiger partial charge >= 0.3 is 0 Å². The second-order valence-corrected chi connectivity index (χ2v) is 7.40. The first kappa shape index (κ1) is 11.8. The SMILES string of the molecule is CSC1CCC(NS(=O)(=O)CBr)C1. The van der Waals surface area contributed by atoms with E-state index in [0.717, 1.165) is 19.3 Å². The third kappa shape index (κ3) is 3.77. The van der Waals surface area contributed by atoms with Crippen molar-refractivity contribution in [2.24, 2.45) is 0 Å². The van der Waals surface area contributed by atoms with E-state index in [1.165, 1.54) is 0 Å². The summed E-state index contributed by atoms with van der Waals surface area (Å²) in [5.74, 6) is 0. The first-order valence-electron chi connectivity index (χ1n) is 4.16. The summed E-state index contributed by atoms with van der Waals surface area (Å²) in [6.07, 6.45) is 5.13. The Morgan fingerprint density at radius 2 is 2.23 bits per heavy atom. The Bertz CT molecular complexity index is 255. The Kier molecular flexibility index (Phi) is 4.54. The molecule has 0 amide bonds. The van der Waals surface area contributed by atoms with Crippen molar-refractivity contribution in [3.8, 4) is 0 Å². The molecular formula is C7H14BrNO2S2. The van der Waals surface area contributed by atoms with Gasteiger partial charge < -0.3 is 0 Å². The normalized spacial score (nSPS) is 29.4. The molecule has 1 fully saturated rings. The van der Waals surface area contributed by atoms with Crippen LogP contribution in [0.1, 0.15) is 19.3 Å². The molecule has 0 bridgehead atoms. The van der Waals surface area contributed by atoms with Gasteiger partial charge in [-0.15, -0.1) is 0 Å². The average Bonchev–Trinajstić information content (AvgIpc) is 2.52. The second kappa shape index (κ2) is 5.00. The molecule has 2 atom stereocenters. The summed E-state index contributed by atoms with van der Waals surface area (Å²) in [4.78, 5) is 0. The zero-order chi connectivity index (χ0) is 9.90. The zero-order valence-electron chi connectivity index (χ0n) is 7.49. The molecule has 1 aliphatic carbocycles. The van der Waals surface area contributed by atoms with Gasteiger partial charge in [0.2, 0.25) is 10.0 Å². The molecule has 0 saturated heterocycles. The summed E-state index contributed by atoms with van der Waals surface area (Å²) in [6.45, 7) is 0. The van der Waals surface area contributed by atoms with Gasteiger partial charge in [-0.05, 0) is 25.5 Å². The maximum atomic E-state index is 11.2. The summed E-state index contributed by atoms with van der Waals surface area (Å²) in [7, 11) is -3.08. The van der Waals surface area contributed by atoms with Gasteiger partial charge in [0, 0.05) is 11.3 Å². The predicted octanol–water partition coefficient (Wildman–Crippen LogP) is 1.54. The van der Waals surface area contributed by atoms with Crippen LogP contribution in [0.25, 0.3) is 0 Å². The van der Waals surface area contributed by atoms with E-state index in [9.17, 15) is 8.42 Å². The fraction of sp³-hybridized carbons (Fsp3) is 1.00. The van der Waals surface area contributed by atoms with Crippen molar-refractivity contribution in [1.29, 1.82) is 0 Å². The average molecular weight is 288 g/mol. The van der Waals surface area contributed by atoms with E-state index in [2.05, 4.69) is 26.9 Å². The Morgan fingerprint density at radius 3 is 2.69 bits per heavy atom. The molecule has 13 heavy (non-hydrogen) atoms. The van der Waals surface area contributed by atoms with Crippen molar-refractivity contribution >= 4 is 37.7 Å². The molecule has 1 rings (SSSR count). The first-order chi connectivity index (χ1) is 6.07. The summed E-state index contributed by atoms with van der Waals surface area (Å²) < 4.78 is 25.1. The fourth-order valence-corrected chi connectivity index (χ4v) is 3.52. The summed E-state index contributed by atoms with van der Waals surface area (Å²) in [5.41, 5.74) is 0. The lowest BCUT2D eigenvalue weighted by molar-refractivity contribution is 0.557. The standard InChI is InChI=1S/C7H14BrNO2S2/c1-12-7-3-2-6(4-7)9-13(10,11)5-8/h6-7,9H,2-5H2,1H3. The molecule has 1 aliphatic rings. The van der Waals surface area contributed by atoms with Gasteiger partial charge in [0.25, 0.3) is 0 Å².